The Hall–Kier alpha value is -2.16. The van der Waals surface area contributed by atoms with Gasteiger partial charge in [0.05, 0.1) is 5.69 Å². The van der Waals surface area contributed by atoms with Gasteiger partial charge >= 0.3 is 0 Å². The number of nitrogens with zero attached hydrogens (tertiary/aromatic N) is 3. The SMILES string of the molecule is Cc1ccc(-c2cc3ncc(C)c(C)n3n2)cc1. The van der Waals surface area contributed by atoms with Crippen LogP contribution in [0.3, 0.4) is 0 Å². The first-order valence-electron chi connectivity index (χ1n) is 6.04. The normalized spacial score (nSPS) is 11.1. The van der Waals surface area contributed by atoms with Gasteiger partial charge in [-0.2, -0.15) is 5.10 Å². The van der Waals surface area contributed by atoms with Crippen molar-refractivity contribution in [3.8, 4) is 11.3 Å². The standard InChI is InChI=1S/C15H15N3/c1-10-4-6-13(7-5-10)14-8-15-16-9-11(2)12(3)18(15)17-14/h4-9H,1-3H3. The maximum Gasteiger partial charge on any atom is 0.155 e. The van der Waals surface area contributed by atoms with Crippen molar-refractivity contribution in [3.05, 3.63) is 53.3 Å². The van der Waals surface area contributed by atoms with E-state index in [9.17, 15) is 0 Å². The molecule has 0 fully saturated rings. The number of aromatic nitrogens is 3. The molecule has 0 bridgehead atoms. The zero-order valence-corrected chi connectivity index (χ0v) is 10.8. The molecule has 0 radical (unpaired) electrons. The molecule has 0 saturated carbocycles. The molecule has 3 rings (SSSR count). The minimum absolute atomic E-state index is 0.897. The number of hydrogen-bond acceptors (Lipinski definition) is 2. The van der Waals surface area contributed by atoms with Gasteiger partial charge in [0, 0.05) is 23.5 Å². The fourth-order valence-corrected chi connectivity index (χ4v) is 2.00. The van der Waals surface area contributed by atoms with E-state index in [1.165, 1.54) is 5.56 Å². The first-order chi connectivity index (χ1) is 8.65. The van der Waals surface area contributed by atoms with E-state index in [0.29, 0.717) is 0 Å². The van der Waals surface area contributed by atoms with Gasteiger partial charge in [-0.1, -0.05) is 29.8 Å². The number of fused-ring (bicyclic) bond motifs is 1. The predicted octanol–water partition coefficient (Wildman–Crippen LogP) is 3.32. The lowest BCUT2D eigenvalue weighted by Crippen LogP contribution is -1.98. The molecule has 0 aliphatic heterocycles. The second-order valence-corrected chi connectivity index (χ2v) is 4.69. The van der Waals surface area contributed by atoms with Crippen LogP contribution in [0.2, 0.25) is 0 Å². The first-order valence-corrected chi connectivity index (χ1v) is 6.04. The minimum atomic E-state index is 0.897. The van der Waals surface area contributed by atoms with Crippen molar-refractivity contribution in [1.82, 2.24) is 14.6 Å². The van der Waals surface area contributed by atoms with Gasteiger partial charge in [0.15, 0.2) is 5.65 Å². The average molecular weight is 237 g/mol. The van der Waals surface area contributed by atoms with Crippen molar-refractivity contribution >= 4 is 5.65 Å². The molecule has 3 nitrogen and oxygen atoms in total. The largest absolute Gasteiger partial charge is 0.237 e. The lowest BCUT2D eigenvalue weighted by atomic mass is 10.1. The molecule has 3 heteroatoms. The molecule has 18 heavy (non-hydrogen) atoms. The highest BCUT2D eigenvalue weighted by molar-refractivity contribution is 5.64. The molecule has 2 heterocycles. The van der Waals surface area contributed by atoms with E-state index in [0.717, 1.165) is 28.2 Å². The van der Waals surface area contributed by atoms with Crippen LogP contribution in [0.4, 0.5) is 0 Å². The predicted molar refractivity (Wildman–Crippen MR) is 72.6 cm³/mol. The van der Waals surface area contributed by atoms with Crippen LogP contribution < -0.4 is 0 Å². The van der Waals surface area contributed by atoms with Crippen LogP contribution >= 0.6 is 0 Å². The van der Waals surface area contributed by atoms with Gasteiger partial charge < -0.3 is 0 Å². The van der Waals surface area contributed by atoms with Crippen LogP contribution in [-0.4, -0.2) is 14.6 Å². The Morgan fingerprint density at radius 2 is 1.72 bits per heavy atom. The van der Waals surface area contributed by atoms with E-state index in [2.05, 4.69) is 55.1 Å². The van der Waals surface area contributed by atoms with Crippen molar-refractivity contribution < 1.29 is 0 Å². The van der Waals surface area contributed by atoms with Gasteiger partial charge in [0.1, 0.15) is 0 Å². The lowest BCUT2D eigenvalue weighted by Gasteiger charge is -2.01. The minimum Gasteiger partial charge on any atom is -0.237 e. The van der Waals surface area contributed by atoms with Gasteiger partial charge in [-0.05, 0) is 26.3 Å². The maximum absolute atomic E-state index is 4.63. The number of rotatable bonds is 1. The highest BCUT2D eigenvalue weighted by Crippen LogP contribution is 2.20. The fraction of sp³-hybridized carbons (Fsp3) is 0.200. The molecule has 1 aromatic carbocycles. The van der Waals surface area contributed by atoms with Crippen molar-refractivity contribution in [2.75, 3.05) is 0 Å². The lowest BCUT2D eigenvalue weighted by molar-refractivity contribution is 0.884. The van der Waals surface area contributed by atoms with Crippen LogP contribution in [0.25, 0.3) is 16.9 Å². The van der Waals surface area contributed by atoms with Gasteiger partial charge in [-0.3, -0.25) is 0 Å². The van der Waals surface area contributed by atoms with E-state index in [1.54, 1.807) is 0 Å². The third-order valence-corrected chi connectivity index (χ3v) is 3.32. The number of hydrogen-bond donors (Lipinski definition) is 0. The zero-order chi connectivity index (χ0) is 12.7. The molecule has 0 atom stereocenters. The summed E-state index contributed by atoms with van der Waals surface area (Å²) in [4.78, 5) is 4.41. The Kier molecular flexibility index (Phi) is 2.40. The number of aryl methyl sites for hydroxylation is 3. The summed E-state index contributed by atoms with van der Waals surface area (Å²) in [6.45, 7) is 6.20. The smallest absolute Gasteiger partial charge is 0.155 e. The van der Waals surface area contributed by atoms with Gasteiger partial charge in [0.2, 0.25) is 0 Å². The van der Waals surface area contributed by atoms with Crippen molar-refractivity contribution in [3.63, 3.8) is 0 Å². The van der Waals surface area contributed by atoms with Crippen LogP contribution in [0.1, 0.15) is 16.8 Å². The van der Waals surface area contributed by atoms with Crippen LogP contribution in [-0.2, 0) is 0 Å². The summed E-state index contributed by atoms with van der Waals surface area (Å²) >= 11 is 0. The van der Waals surface area contributed by atoms with Crippen LogP contribution in [0, 0.1) is 20.8 Å². The molecule has 0 amide bonds. The summed E-state index contributed by atoms with van der Waals surface area (Å²) in [6, 6.07) is 10.4. The number of benzene rings is 1. The molecule has 0 spiro atoms. The molecule has 0 saturated heterocycles. The Balaban J connectivity index is 2.19. The van der Waals surface area contributed by atoms with Crippen molar-refractivity contribution in [1.29, 1.82) is 0 Å². The molecular formula is C15H15N3. The first kappa shape index (κ1) is 11.0. The summed E-state index contributed by atoms with van der Waals surface area (Å²) in [5.41, 5.74) is 6.54. The summed E-state index contributed by atoms with van der Waals surface area (Å²) in [5, 5.41) is 4.63. The molecule has 0 aliphatic rings. The van der Waals surface area contributed by atoms with E-state index in [4.69, 9.17) is 0 Å². The monoisotopic (exact) mass is 237 g/mol. The highest BCUT2D eigenvalue weighted by atomic mass is 15.3. The quantitative estimate of drug-likeness (QED) is 0.650. The second kappa shape index (κ2) is 3.95. The topological polar surface area (TPSA) is 30.2 Å². The van der Waals surface area contributed by atoms with Crippen LogP contribution in [0.15, 0.2) is 36.5 Å². The zero-order valence-electron chi connectivity index (χ0n) is 10.8. The molecule has 90 valence electrons. The highest BCUT2D eigenvalue weighted by Gasteiger charge is 2.07. The Labute approximate surface area is 106 Å². The molecule has 2 aromatic heterocycles. The van der Waals surface area contributed by atoms with E-state index in [1.807, 2.05) is 16.8 Å². The Morgan fingerprint density at radius 3 is 2.44 bits per heavy atom. The fourth-order valence-electron chi connectivity index (χ4n) is 2.00. The Morgan fingerprint density at radius 1 is 1.00 bits per heavy atom. The summed E-state index contributed by atoms with van der Waals surface area (Å²) in [5.74, 6) is 0. The third-order valence-electron chi connectivity index (χ3n) is 3.32. The van der Waals surface area contributed by atoms with E-state index < -0.39 is 0 Å². The molecule has 0 N–H and O–H groups in total. The van der Waals surface area contributed by atoms with Gasteiger partial charge in [0.25, 0.3) is 0 Å². The molecule has 3 aromatic rings. The maximum atomic E-state index is 4.63. The second-order valence-electron chi connectivity index (χ2n) is 4.69. The van der Waals surface area contributed by atoms with Gasteiger partial charge in [-0.25, -0.2) is 9.50 Å². The average Bonchev–Trinajstić information content (AvgIpc) is 2.80. The molecule has 0 aliphatic carbocycles. The van der Waals surface area contributed by atoms with E-state index >= 15 is 0 Å². The van der Waals surface area contributed by atoms with Crippen molar-refractivity contribution in [2.24, 2.45) is 0 Å². The third kappa shape index (κ3) is 1.68. The molecule has 0 unspecified atom stereocenters. The van der Waals surface area contributed by atoms with Crippen molar-refractivity contribution in [2.45, 2.75) is 20.8 Å². The molecular weight excluding hydrogens is 222 g/mol. The van der Waals surface area contributed by atoms with Crippen LogP contribution in [0.5, 0.6) is 0 Å². The summed E-state index contributed by atoms with van der Waals surface area (Å²) in [7, 11) is 0. The summed E-state index contributed by atoms with van der Waals surface area (Å²) < 4.78 is 1.91. The van der Waals surface area contributed by atoms with Gasteiger partial charge in [-0.15, -0.1) is 0 Å². The summed E-state index contributed by atoms with van der Waals surface area (Å²) in [6.07, 6.45) is 1.89. The van der Waals surface area contributed by atoms with E-state index in [-0.39, 0.29) is 0 Å². The Bertz CT molecular complexity index is 708.